The number of ether oxygens (including phenoxy) is 3. The van der Waals surface area contributed by atoms with E-state index in [4.69, 9.17) is 14.2 Å². The molecule has 0 aliphatic carbocycles. The van der Waals surface area contributed by atoms with E-state index in [9.17, 15) is 14.4 Å². The number of carbonyl (C=O) groups is 3. The van der Waals surface area contributed by atoms with Crippen LogP contribution in [0.1, 0.15) is 162 Å². The first-order valence-corrected chi connectivity index (χ1v) is 20.8. The number of rotatable bonds is 35. The van der Waals surface area contributed by atoms with Crippen LogP contribution in [0, 0.1) is 0 Å². The van der Waals surface area contributed by atoms with Gasteiger partial charge in [-0.15, -0.1) is 0 Å². The van der Waals surface area contributed by atoms with Gasteiger partial charge in [0.2, 0.25) is 0 Å². The molecule has 0 saturated heterocycles. The number of carbonyl (C=O) groups excluding carboxylic acids is 3. The second kappa shape index (κ2) is 41.1. The predicted octanol–water partition coefficient (Wildman–Crippen LogP) is 13.1. The van der Waals surface area contributed by atoms with Crippen LogP contribution in [0.5, 0.6) is 0 Å². The second-order valence-electron chi connectivity index (χ2n) is 13.2. The molecule has 0 fully saturated rings. The fourth-order valence-electron chi connectivity index (χ4n) is 5.09. The third-order valence-electron chi connectivity index (χ3n) is 8.18. The van der Waals surface area contributed by atoms with Gasteiger partial charge in [-0.25, -0.2) is 0 Å². The molecule has 0 heterocycles. The predicted molar refractivity (Wildman–Crippen MR) is 224 cm³/mol. The molecule has 53 heavy (non-hydrogen) atoms. The highest BCUT2D eigenvalue weighted by molar-refractivity contribution is 5.72. The Morgan fingerprint density at radius 1 is 0.434 bits per heavy atom. The highest BCUT2D eigenvalue weighted by Crippen LogP contribution is 2.11. The van der Waals surface area contributed by atoms with Crippen LogP contribution in [0.4, 0.5) is 0 Å². The quantitative estimate of drug-likeness (QED) is 0.0212. The fraction of sp³-hybridized carbons (Fsp3) is 0.596. The third kappa shape index (κ3) is 39.4. The summed E-state index contributed by atoms with van der Waals surface area (Å²) < 4.78 is 16.5. The molecule has 1 atom stereocenters. The topological polar surface area (TPSA) is 78.9 Å². The number of esters is 3. The first-order chi connectivity index (χ1) is 26.0. The Kier molecular flexibility index (Phi) is 38.2. The maximum Gasteiger partial charge on any atom is 0.309 e. The summed E-state index contributed by atoms with van der Waals surface area (Å²) in [4.78, 5) is 37.5. The van der Waals surface area contributed by atoms with Crippen molar-refractivity contribution in [3.8, 4) is 0 Å². The van der Waals surface area contributed by atoms with Crippen molar-refractivity contribution in [3.63, 3.8) is 0 Å². The summed E-state index contributed by atoms with van der Waals surface area (Å²) >= 11 is 0. The summed E-state index contributed by atoms with van der Waals surface area (Å²) in [5, 5.41) is 0. The van der Waals surface area contributed by atoms with Crippen LogP contribution in [0.3, 0.4) is 0 Å². The zero-order chi connectivity index (χ0) is 38.7. The van der Waals surface area contributed by atoms with Crippen molar-refractivity contribution in [2.45, 2.75) is 168 Å². The van der Waals surface area contributed by atoms with Gasteiger partial charge in [-0.2, -0.15) is 0 Å². The third-order valence-corrected chi connectivity index (χ3v) is 8.18. The molecular weight excluding hydrogens is 661 g/mol. The molecule has 0 aliphatic rings. The molecule has 0 bridgehead atoms. The highest BCUT2D eigenvalue weighted by Gasteiger charge is 2.19. The molecule has 298 valence electrons. The van der Waals surface area contributed by atoms with Crippen molar-refractivity contribution in [3.05, 3.63) is 97.2 Å². The van der Waals surface area contributed by atoms with Crippen LogP contribution >= 0.6 is 0 Å². The van der Waals surface area contributed by atoms with E-state index < -0.39 is 12.1 Å². The Morgan fingerprint density at radius 3 is 1.53 bits per heavy atom. The van der Waals surface area contributed by atoms with Crippen molar-refractivity contribution in [2.75, 3.05) is 13.2 Å². The molecule has 1 unspecified atom stereocenters. The van der Waals surface area contributed by atoms with Crippen LogP contribution in [0.15, 0.2) is 97.2 Å². The number of allylic oxidation sites excluding steroid dienone is 15. The van der Waals surface area contributed by atoms with Crippen LogP contribution < -0.4 is 0 Å². The molecule has 0 aromatic carbocycles. The van der Waals surface area contributed by atoms with Gasteiger partial charge in [0.15, 0.2) is 6.10 Å². The van der Waals surface area contributed by atoms with Gasteiger partial charge < -0.3 is 14.2 Å². The minimum Gasteiger partial charge on any atom is -0.462 e. The summed E-state index contributed by atoms with van der Waals surface area (Å²) in [6.45, 7) is 6.18. The second-order valence-corrected chi connectivity index (χ2v) is 13.2. The number of hydrogen-bond donors (Lipinski definition) is 0. The van der Waals surface area contributed by atoms with Crippen molar-refractivity contribution in [1.29, 1.82) is 0 Å². The zero-order valence-corrected chi connectivity index (χ0v) is 33.7. The van der Waals surface area contributed by atoms with E-state index in [1.165, 1.54) is 38.5 Å². The van der Waals surface area contributed by atoms with Crippen molar-refractivity contribution in [2.24, 2.45) is 0 Å². The molecule has 0 rings (SSSR count). The molecular formula is C47H74O6. The molecule has 0 spiro atoms. The summed E-state index contributed by atoms with van der Waals surface area (Å²) in [6, 6.07) is 0. The monoisotopic (exact) mass is 735 g/mol. The van der Waals surface area contributed by atoms with Gasteiger partial charge in [0.1, 0.15) is 13.2 Å². The lowest BCUT2D eigenvalue weighted by Crippen LogP contribution is -2.30. The van der Waals surface area contributed by atoms with E-state index in [2.05, 4.69) is 69.4 Å². The van der Waals surface area contributed by atoms with Crippen LogP contribution in [0.25, 0.3) is 0 Å². The average Bonchev–Trinajstić information content (AvgIpc) is 3.15. The normalized spacial score (nSPS) is 13.0. The molecule has 0 aromatic heterocycles. The largest absolute Gasteiger partial charge is 0.462 e. The molecule has 0 radical (unpaired) electrons. The standard InChI is InChI=1S/C47H74O6/c1-4-7-10-13-16-19-21-23-25-28-31-34-37-40-46(49)52-43-44(42-51-45(48)39-36-33-30-27-18-15-12-9-6-3)53-47(50)41-38-35-32-29-26-24-22-20-17-14-11-8-5-2/h7,9-10,12-13,16,18-19,21,23-27,33,36,44H,4-6,8,11,14-15,17,20,22,28-32,34-35,37-43H2,1-3H3/b10-7-,12-9-,16-13-,21-19-,25-23-,26-24-,27-18-,36-33-. The van der Waals surface area contributed by atoms with E-state index in [0.29, 0.717) is 6.42 Å². The van der Waals surface area contributed by atoms with E-state index in [0.717, 1.165) is 83.5 Å². The maximum atomic E-state index is 12.7. The average molecular weight is 735 g/mol. The Hall–Kier alpha value is -3.67. The molecule has 0 aromatic rings. The lowest BCUT2D eigenvalue weighted by molar-refractivity contribution is -0.166. The molecule has 0 aliphatic heterocycles. The SMILES string of the molecule is CC\C=C/C=C\C=C/C=C\CCCCCC(=O)OCC(COC(=O)C/C=C\C/C=C\C/C=C\CC)OC(=O)CCCCC/C=C\CCCCCCCC. The fourth-order valence-corrected chi connectivity index (χ4v) is 5.09. The van der Waals surface area contributed by atoms with Gasteiger partial charge in [0.25, 0.3) is 0 Å². The highest BCUT2D eigenvalue weighted by atomic mass is 16.6. The lowest BCUT2D eigenvalue weighted by Gasteiger charge is -2.18. The Labute approximate surface area is 324 Å². The lowest BCUT2D eigenvalue weighted by atomic mass is 10.1. The van der Waals surface area contributed by atoms with E-state index in [1.54, 1.807) is 6.08 Å². The van der Waals surface area contributed by atoms with Crippen molar-refractivity contribution < 1.29 is 28.6 Å². The van der Waals surface area contributed by atoms with Crippen LogP contribution in [0.2, 0.25) is 0 Å². The minimum atomic E-state index is -0.834. The van der Waals surface area contributed by atoms with Gasteiger partial charge in [-0.3, -0.25) is 14.4 Å². The van der Waals surface area contributed by atoms with Gasteiger partial charge in [-0.05, 0) is 77.0 Å². The van der Waals surface area contributed by atoms with Crippen molar-refractivity contribution in [1.82, 2.24) is 0 Å². The summed E-state index contributed by atoms with van der Waals surface area (Å²) in [7, 11) is 0. The molecule has 0 saturated carbocycles. The van der Waals surface area contributed by atoms with Gasteiger partial charge in [0.05, 0.1) is 6.42 Å². The summed E-state index contributed by atoms with van der Waals surface area (Å²) in [5.41, 5.74) is 0. The van der Waals surface area contributed by atoms with E-state index >= 15 is 0 Å². The molecule has 6 heteroatoms. The van der Waals surface area contributed by atoms with Crippen LogP contribution in [-0.4, -0.2) is 37.2 Å². The number of hydrogen-bond acceptors (Lipinski definition) is 6. The molecule has 0 amide bonds. The zero-order valence-electron chi connectivity index (χ0n) is 33.7. The first-order valence-electron chi connectivity index (χ1n) is 20.8. The van der Waals surface area contributed by atoms with Gasteiger partial charge in [-0.1, -0.05) is 163 Å². The van der Waals surface area contributed by atoms with Gasteiger partial charge in [0, 0.05) is 12.8 Å². The van der Waals surface area contributed by atoms with E-state index in [1.807, 2.05) is 42.5 Å². The van der Waals surface area contributed by atoms with E-state index in [-0.39, 0.29) is 38.0 Å². The minimum absolute atomic E-state index is 0.122. The summed E-state index contributed by atoms with van der Waals surface area (Å²) in [5.74, 6) is -1.13. The Morgan fingerprint density at radius 2 is 0.906 bits per heavy atom. The molecule has 0 N–H and O–H groups in total. The smallest absolute Gasteiger partial charge is 0.309 e. The maximum absolute atomic E-state index is 12.7. The summed E-state index contributed by atoms with van der Waals surface area (Å²) in [6.07, 6.45) is 52.8. The molecule has 6 nitrogen and oxygen atoms in total. The Balaban J connectivity index is 4.57. The van der Waals surface area contributed by atoms with Gasteiger partial charge >= 0.3 is 17.9 Å². The number of unbranched alkanes of at least 4 members (excludes halogenated alkanes) is 12. The first kappa shape index (κ1) is 49.3. The Bertz CT molecular complexity index is 1120. The van der Waals surface area contributed by atoms with Crippen molar-refractivity contribution >= 4 is 17.9 Å². The van der Waals surface area contributed by atoms with Crippen LogP contribution in [-0.2, 0) is 28.6 Å².